The third-order valence-corrected chi connectivity index (χ3v) is 4.78. The van der Waals surface area contributed by atoms with Gasteiger partial charge in [-0.1, -0.05) is 37.6 Å². The summed E-state index contributed by atoms with van der Waals surface area (Å²) in [6.07, 6.45) is 2.03. The van der Waals surface area contributed by atoms with E-state index in [1.807, 2.05) is 12.1 Å². The normalized spacial score (nSPS) is 30.7. The van der Waals surface area contributed by atoms with Gasteiger partial charge in [-0.3, -0.25) is 0 Å². The van der Waals surface area contributed by atoms with E-state index in [-0.39, 0.29) is 6.10 Å². The zero-order chi connectivity index (χ0) is 14.7. The van der Waals surface area contributed by atoms with Crippen molar-refractivity contribution in [1.29, 1.82) is 0 Å². The van der Waals surface area contributed by atoms with E-state index in [1.165, 1.54) is 12.0 Å². The van der Waals surface area contributed by atoms with E-state index in [0.717, 1.165) is 24.5 Å². The minimum Gasteiger partial charge on any atom is -0.393 e. The molecule has 4 atom stereocenters. The lowest BCUT2D eigenvalue weighted by atomic mass is 9.73. The van der Waals surface area contributed by atoms with Gasteiger partial charge in [-0.05, 0) is 49.4 Å². The first-order chi connectivity index (χ1) is 9.45. The fourth-order valence-corrected chi connectivity index (χ4v) is 3.63. The summed E-state index contributed by atoms with van der Waals surface area (Å²) in [7, 11) is 2.13. The van der Waals surface area contributed by atoms with Crippen molar-refractivity contribution in [1.82, 2.24) is 4.90 Å². The number of benzene rings is 1. The van der Waals surface area contributed by atoms with E-state index >= 15 is 0 Å². The molecule has 2 rings (SSSR count). The first kappa shape index (κ1) is 15.8. The zero-order valence-electron chi connectivity index (χ0n) is 12.7. The van der Waals surface area contributed by atoms with Gasteiger partial charge in [0, 0.05) is 24.0 Å². The second kappa shape index (κ2) is 6.93. The molecule has 0 aromatic heterocycles. The van der Waals surface area contributed by atoms with Gasteiger partial charge in [0.05, 0.1) is 6.10 Å². The Morgan fingerprint density at radius 2 is 1.85 bits per heavy atom. The van der Waals surface area contributed by atoms with Crippen LogP contribution in [0.2, 0.25) is 5.02 Å². The summed E-state index contributed by atoms with van der Waals surface area (Å²) in [5, 5.41) is 11.1. The maximum Gasteiger partial charge on any atom is 0.0585 e. The molecule has 0 radical (unpaired) electrons. The molecule has 0 heterocycles. The first-order valence-corrected chi connectivity index (χ1v) is 7.94. The smallest absolute Gasteiger partial charge is 0.0585 e. The second-order valence-electron chi connectivity index (χ2n) is 6.61. The van der Waals surface area contributed by atoms with Crippen LogP contribution in [0.25, 0.3) is 0 Å². The summed E-state index contributed by atoms with van der Waals surface area (Å²) < 4.78 is 0. The Hall–Kier alpha value is -0.570. The fourth-order valence-electron chi connectivity index (χ4n) is 3.50. The third kappa shape index (κ3) is 4.21. The number of rotatable bonds is 4. The van der Waals surface area contributed by atoms with Crippen LogP contribution < -0.4 is 0 Å². The molecule has 1 N–H and O–H groups in total. The molecular weight excluding hydrogens is 270 g/mol. The Labute approximate surface area is 127 Å². The van der Waals surface area contributed by atoms with Crippen molar-refractivity contribution < 1.29 is 5.11 Å². The van der Waals surface area contributed by atoms with Crippen LogP contribution in [0, 0.1) is 17.8 Å². The Bertz CT molecular complexity index is 408. The molecule has 4 unspecified atom stereocenters. The standard InChI is InChI=1S/C17H26ClNO/c1-12-8-13(2)16(17(20)9-12)11-19(3)10-14-4-6-15(18)7-5-14/h4-7,12-13,16-17,20H,8-11H2,1-3H3. The molecule has 0 aliphatic heterocycles. The molecule has 0 saturated heterocycles. The first-order valence-electron chi connectivity index (χ1n) is 7.56. The van der Waals surface area contributed by atoms with Crippen LogP contribution in [0.3, 0.4) is 0 Å². The van der Waals surface area contributed by atoms with Crippen molar-refractivity contribution in [2.24, 2.45) is 17.8 Å². The summed E-state index contributed by atoms with van der Waals surface area (Å²) in [6.45, 7) is 6.38. The van der Waals surface area contributed by atoms with E-state index in [1.54, 1.807) is 0 Å². The number of aliphatic hydroxyl groups is 1. The maximum atomic E-state index is 10.3. The topological polar surface area (TPSA) is 23.5 Å². The van der Waals surface area contributed by atoms with Gasteiger partial charge in [0.25, 0.3) is 0 Å². The summed E-state index contributed by atoms with van der Waals surface area (Å²) in [5.41, 5.74) is 1.27. The monoisotopic (exact) mass is 295 g/mol. The number of aliphatic hydroxyl groups excluding tert-OH is 1. The molecule has 1 aromatic rings. The van der Waals surface area contributed by atoms with E-state index in [4.69, 9.17) is 11.6 Å². The fraction of sp³-hybridized carbons (Fsp3) is 0.647. The van der Waals surface area contributed by atoms with E-state index in [2.05, 4.69) is 37.9 Å². The molecule has 112 valence electrons. The van der Waals surface area contributed by atoms with Gasteiger partial charge in [-0.25, -0.2) is 0 Å². The van der Waals surface area contributed by atoms with Crippen LogP contribution in [0.4, 0.5) is 0 Å². The molecule has 1 aromatic carbocycles. The number of halogens is 1. The van der Waals surface area contributed by atoms with E-state index in [9.17, 15) is 5.11 Å². The molecule has 1 aliphatic rings. The lowest BCUT2D eigenvalue weighted by Crippen LogP contribution is -2.41. The van der Waals surface area contributed by atoms with Crippen LogP contribution in [0.5, 0.6) is 0 Å². The van der Waals surface area contributed by atoms with Crippen LogP contribution in [0.15, 0.2) is 24.3 Å². The third-order valence-electron chi connectivity index (χ3n) is 4.53. The number of hydrogen-bond donors (Lipinski definition) is 1. The minimum absolute atomic E-state index is 0.151. The summed E-state index contributed by atoms with van der Waals surface area (Å²) >= 11 is 5.91. The van der Waals surface area contributed by atoms with Gasteiger partial charge >= 0.3 is 0 Å². The predicted octanol–water partition coefficient (Wildman–Crippen LogP) is 3.81. The van der Waals surface area contributed by atoms with Crippen molar-refractivity contribution in [3.05, 3.63) is 34.9 Å². The highest BCUT2D eigenvalue weighted by molar-refractivity contribution is 6.30. The van der Waals surface area contributed by atoms with Gasteiger partial charge in [-0.15, -0.1) is 0 Å². The highest BCUT2D eigenvalue weighted by atomic mass is 35.5. The zero-order valence-corrected chi connectivity index (χ0v) is 13.5. The number of nitrogens with zero attached hydrogens (tertiary/aromatic N) is 1. The highest BCUT2D eigenvalue weighted by Crippen LogP contribution is 2.34. The molecular formula is C17H26ClNO. The van der Waals surface area contributed by atoms with E-state index in [0.29, 0.717) is 17.8 Å². The molecule has 1 aliphatic carbocycles. The predicted molar refractivity (Wildman–Crippen MR) is 84.8 cm³/mol. The Kier molecular flexibility index (Phi) is 5.48. The SMILES string of the molecule is CC1CC(C)C(CN(C)Cc2ccc(Cl)cc2)C(O)C1. The number of hydrogen-bond acceptors (Lipinski definition) is 2. The molecule has 0 amide bonds. The summed E-state index contributed by atoms with van der Waals surface area (Å²) in [6, 6.07) is 8.01. The average molecular weight is 296 g/mol. The molecule has 0 bridgehead atoms. The largest absolute Gasteiger partial charge is 0.393 e. The Morgan fingerprint density at radius 1 is 1.20 bits per heavy atom. The van der Waals surface area contributed by atoms with Gasteiger partial charge in [0.15, 0.2) is 0 Å². The molecule has 1 fully saturated rings. The van der Waals surface area contributed by atoms with Gasteiger partial charge < -0.3 is 10.0 Å². The second-order valence-corrected chi connectivity index (χ2v) is 7.04. The van der Waals surface area contributed by atoms with E-state index < -0.39 is 0 Å². The van der Waals surface area contributed by atoms with Gasteiger partial charge in [0.2, 0.25) is 0 Å². The van der Waals surface area contributed by atoms with Crippen molar-refractivity contribution in [3.63, 3.8) is 0 Å². The van der Waals surface area contributed by atoms with Gasteiger partial charge in [-0.2, -0.15) is 0 Å². The van der Waals surface area contributed by atoms with Crippen molar-refractivity contribution in [3.8, 4) is 0 Å². The van der Waals surface area contributed by atoms with Gasteiger partial charge in [0.1, 0.15) is 0 Å². The minimum atomic E-state index is -0.151. The van der Waals surface area contributed by atoms with Crippen LogP contribution in [0.1, 0.15) is 32.3 Å². The molecule has 3 heteroatoms. The maximum absolute atomic E-state index is 10.3. The lowest BCUT2D eigenvalue weighted by molar-refractivity contribution is 0.000596. The molecule has 1 saturated carbocycles. The van der Waals surface area contributed by atoms with Crippen molar-refractivity contribution in [2.75, 3.05) is 13.6 Å². The summed E-state index contributed by atoms with van der Waals surface area (Å²) in [5.74, 6) is 1.64. The van der Waals surface area contributed by atoms with Crippen LogP contribution in [-0.2, 0) is 6.54 Å². The molecule has 0 spiro atoms. The molecule has 20 heavy (non-hydrogen) atoms. The molecule has 2 nitrogen and oxygen atoms in total. The van der Waals surface area contributed by atoms with Crippen molar-refractivity contribution >= 4 is 11.6 Å². The highest BCUT2D eigenvalue weighted by Gasteiger charge is 2.33. The quantitative estimate of drug-likeness (QED) is 0.913. The average Bonchev–Trinajstić information content (AvgIpc) is 2.36. The van der Waals surface area contributed by atoms with Crippen LogP contribution in [-0.4, -0.2) is 29.7 Å². The Balaban J connectivity index is 1.90. The Morgan fingerprint density at radius 3 is 2.45 bits per heavy atom. The lowest BCUT2D eigenvalue weighted by Gasteiger charge is -2.39. The summed E-state index contributed by atoms with van der Waals surface area (Å²) in [4.78, 5) is 2.31. The van der Waals surface area contributed by atoms with Crippen LogP contribution >= 0.6 is 11.6 Å². The van der Waals surface area contributed by atoms with Crippen molar-refractivity contribution in [2.45, 2.75) is 39.3 Å².